The van der Waals surface area contributed by atoms with Gasteiger partial charge in [0.15, 0.2) is 11.5 Å². The van der Waals surface area contributed by atoms with E-state index in [9.17, 15) is 4.79 Å². The molecule has 0 unspecified atom stereocenters. The first-order valence-electron chi connectivity index (χ1n) is 5.99. The number of aromatic nitrogens is 2. The summed E-state index contributed by atoms with van der Waals surface area (Å²) in [5.41, 5.74) is 1.53. The van der Waals surface area contributed by atoms with Gasteiger partial charge in [-0.15, -0.1) is 0 Å². The van der Waals surface area contributed by atoms with Crippen molar-refractivity contribution >= 4 is 21.7 Å². The highest BCUT2D eigenvalue weighted by Crippen LogP contribution is 2.22. The van der Waals surface area contributed by atoms with E-state index in [4.69, 9.17) is 4.74 Å². The van der Waals surface area contributed by atoms with Gasteiger partial charge in [0.2, 0.25) is 0 Å². The summed E-state index contributed by atoms with van der Waals surface area (Å²) < 4.78 is 8.04. The summed E-state index contributed by atoms with van der Waals surface area (Å²) in [7, 11) is 0. The Morgan fingerprint density at radius 1 is 1.42 bits per heavy atom. The van der Waals surface area contributed by atoms with Crippen LogP contribution in [0, 0.1) is 0 Å². The Kier molecular flexibility index (Phi) is 4.04. The second-order valence-corrected chi connectivity index (χ2v) is 5.36. The lowest BCUT2D eigenvalue weighted by Gasteiger charge is -2.06. The number of nitrogens with zero attached hydrogens (tertiary/aromatic N) is 2. The average molecular weight is 323 g/mol. The fourth-order valence-corrected chi connectivity index (χ4v) is 2.36. The maximum Gasteiger partial charge on any atom is 0.160 e. The van der Waals surface area contributed by atoms with Crippen LogP contribution in [-0.2, 0) is 0 Å². The molecule has 0 atom stereocenters. The molecule has 100 valence electrons. The summed E-state index contributed by atoms with van der Waals surface area (Å²) in [4.78, 5) is 11.4. The Morgan fingerprint density at radius 2 is 2.16 bits per heavy atom. The second kappa shape index (κ2) is 5.57. The van der Waals surface area contributed by atoms with E-state index in [1.54, 1.807) is 23.9 Å². The minimum atomic E-state index is 0.0303. The van der Waals surface area contributed by atoms with E-state index in [0.717, 1.165) is 15.9 Å². The molecule has 4 nitrogen and oxygen atoms in total. The summed E-state index contributed by atoms with van der Waals surface area (Å²) in [6.07, 6.45) is 3.60. The summed E-state index contributed by atoms with van der Waals surface area (Å²) in [5.74, 6) is 0.754. The number of hydrogen-bond donors (Lipinski definition) is 0. The second-order valence-electron chi connectivity index (χ2n) is 4.51. The van der Waals surface area contributed by atoms with Gasteiger partial charge in [0.1, 0.15) is 0 Å². The van der Waals surface area contributed by atoms with Crippen LogP contribution in [-0.4, -0.2) is 21.7 Å². The Morgan fingerprint density at radius 3 is 2.74 bits per heavy atom. The van der Waals surface area contributed by atoms with Crippen LogP contribution in [0.3, 0.4) is 0 Å². The van der Waals surface area contributed by atoms with Gasteiger partial charge >= 0.3 is 0 Å². The number of halogens is 1. The van der Waals surface area contributed by atoms with E-state index in [1.165, 1.54) is 0 Å². The molecule has 5 heteroatoms. The average Bonchev–Trinajstić information content (AvgIpc) is 2.75. The predicted molar refractivity (Wildman–Crippen MR) is 77.0 cm³/mol. The first-order valence-corrected chi connectivity index (χ1v) is 6.79. The van der Waals surface area contributed by atoms with E-state index < -0.39 is 0 Å². The topological polar surface area (TPSA) is 44.1 Å². The summed E-state index contributed by atoms with van der Waals surface area (Å²) >= 11 is 3.40. The molecule has 1 aromatic carbocycles. The number of Topliss-reactive ketones (excluding diaryl/α,β-unsaturated/α-hetero) is 1. The van der Waals surface area contributed by atoms with Crippen LogP contribution in [0.5, 0.6) is 5.75 Å². The number of hydrogen-bond acceptors (Lipinski definition) is 3. The smallest absolute Gasteiger partial charge is 0.160 e. The number of carbonyl (C=O) groups is 1. The highest BCUT2D eigenvalue weighted by Gasteiger charge is 2.08. The Hall–Kier alpha value is -1.62. The van der Waals surface area contributed by atoms with Crippen LogP contribution < -0.4 is 4.74 Å². The number of ketones is 1. The SMILES string of the molecule is CC(=O)c1ccc(-n2cc(OC(C)C)cn2)cc1Br. The molecule has 0 aliphatic carbocycles. The van der Waals surface area contributed by atoms with Crippen molar-refractivity contribution in [3.05, 3.63) is 40.6 Å². The maximum absolute atomic E-state index is 11.4. The molecule has 0 aliphatic heterocycles. The van der Waals surface area contributed by atoms with E-state index in [-0.39, 0.29) is 11.9 Å². The van der Waals surface area contributed by atoms with Crippen LogP contribution in [0.1, 0.15) is 31.1 Å². The van der Waals surface area contributed by atoms with Gasteiger partial charge in [-0.05, 0) is 54.9 Å². The molecule has 0 aliphatic rings. The number of benzene rings is 1. The monoisotopic (exact) mass is 322 g/mol. The van der Waals surface area contributed by atoms with E-state index in [0.29, 0.717) is 5.56 Å². The van der Waals surface area contributed by atoms with Crippen LogP contribution in [0.25, 0.3) is 5.69 Å². The normalized spacial score (nSPS) is 10.8. The maximum atomic E-state index is 11.4. The quantitative estimate of drug-likeness (QED) is 0.807. The molecule has 0 N–H and O–H groups in total. The lowest BCUT2D eigenvalue weighted by atomic mass is 10.1. The molecule has 2 aromatic rings. The Bertz CT molecular complexity index is 605. The van der Waals surface area contributed by atoms with Crippen molar-refractivity contribution in [2.45, 2.75) is 26.9 Å². The zero-order chi connectivity index (χ0) is 14.0. The molecule has 0 spiro atoms. The zero-order valence-corrected chi connectivity index (χ0v) is 12.6. The third-order valence-electron chi connectivity index (χ3n) is 2.53. The number of ether oxygens (including phenoxy) is 1. The predicted octanol–water partition coefficient (Wildman–Crippen LogP) is 3.62. The van der Waals surface area contributed by atoms with Gasteiger partial charge in [0.05, 0.1) is 24.2 Å². The largest absolute Gasteiger partial charge is 0.488 e. The molecule has 0 radical (unpaired) electrons. The van der Waals surface area contributed by atoms with Gasteiger partial charge in [-0.1, -0.05) is 0 Å². The van der Waals surface area contributed by atoms with Crippen LogP contribution in [0.4, 0.5) is 0 Å². The minimum Gasteiger partial charge on any atom is -0.488 e. The Balaban J connectivity index is 2.29. The van der Waals surface area contributed by atoms with Crippen molar-refractivity contribution in [2.24, 2.45) is 0 Å². The van der Waals surface area contributed by atoms with Crippen molar-refractivity contribution in [1.29, 1.82) is 0 Å². The van der Waals surface area contributed by atoms with Crippen LogP contribution >= 0.6 is 15.9 Å². The minimum absolute atomic E-state index is 0.0303. The van der Waals surface area contributed by atoms with Crippen molar-refractivity contribution in [2.75, 3.05) is 0 Å². The van der Waals surface area contributed by atoms with Gasteiger partial charge < -0.3 is 4.74 Å². The van der Waals surface area contributed by atoms with Crippen LogP contribution in [0.2, 0.25) is 0 Å². The molecule has 0 fully saturated rings. The van der Waals surface area contributed by atoms with Crippen molar-refractivity contribution < 1.29 is 9.53 Å². The molecule has 1 heterocycles. The van der Waals surface area contributed by atoms with Crippen LogP contribution in [0.15, 0.2) is 35.1 Å². The molecule has 0 saturated carbocycles. The van der Waals surface area contributed by atoms with Crippen molar-refractivity contribution in [3.63, 3.8) is 0 Å². The summed E-state index contributed by atoms with van der Waals surface area (Å²) in [6, 6.07) is 5.50. The third-order valence-corrected chi connectivity index (χ3v) is 3.18. The van der Waals surface area contributed by atoms with Gasteiger partial charge in [0.25, 0.3) is 0 Å². The first-order chi connectivity index (χ1) is 8.97. The molecular weight excluding hydrogens is 308 g/mol. The third kappa shape index (κ3) is 3.23. The fraction of sp³-hybridized carbons (Fsp3) is 0.286. The lowest BCUT2D eigenvalue weighted by molar-refractivity contribution is 0.101. The molecule has 1 aromatic heterocycles. The summed E-state index contributed by atoms with van der Waals surface area (Å²) in [5, 5.41) is 4.24. The molecular formula is C14H15BrN2O2. The standard InChI is InChI=1S/C14H15BrN2O2/c1-9(2)19-12-7-16-17(8-12)11-4-5-13(10(3)18)14(15)6-11/h4-9H,1-3H3. The van der Waals surface area contributed by atoms with Gasteiger partial charge in [0, 0.05) is 10.0 Å². The van der Waals surface area contributed by atoms with Crippen molar-refractivity contribution in [3.8, 4) is 11.4 Å². The molecule has 19 heavy (non-hydrogen) atoms. The zero-order valence-electron chi connectivity index (χ0n) is 11.1. The highest BCUT2D eigenvalue weighted by molar-refractivity contribution is 9.10. The summed E-state index contributed by atoms with van der Waals surface area (Å²) in [6.45, 7) is 5.48. The number of rotatable bonds is 4. The van der Waals surface area contributed by atoms with E-state index in [1.807, 2.05) is 32.2 Å². The molecule has 0 bridgehead atoms. The van der Waals surface area contributed by atoms with Crippen molar-refractivity contribution in [1.82, 2.24) is 9.78 Å². The van der Waals surface area contributed by atoms with Gasteiger partial charge in [-0.2, -0.15) is 5.10 Å². The van der Waals surface area contributed by atoms with E-state index in [2.05, 4.69) is 21.0 Å². The number of carbonyl (C=O) groups excluding carboxylic acids is 1. The van der Waals surface area contributed by atoms with Gasteiger partial charge in [-0.3, -0.25) is 4.79 Å². The highest BCUT2D eigenvalue weighted by atomic mass is 79.9. The van der Waals surface area contributed by atoms with Gasteiger partial charge in [-0.25, -0.2) is 4.68 Å². The fourth-order valence-electron chi connectivity index (χ4n) is 1.71. The molecule has 0 saturated heterocycles. The lowest BCUT2D eigenvalue weighted by Crippen LogP contribution is -2.04. The van der Waals surface area contributed by atoms with E-state index >= 15 is 0 Å². The molecule has 2 rings (SSSR count). The Labute approximate surface area is 120 Å². The first kappa shape index (κ1) is 13.8. The molecule has 0 amide bonds.